The second-order valence-corrected chi connectivity index (χ2v) is 12.1. The van der Waals surface area contributed by atoms with Gasteiger partial charge in [-0.2, -0.15) is 0 Å². The Morgan fingerprint density at radius 2 is 1.87 bits per heavy atom. The number of aromatic nitrogens is 2. The molecule has 3 rings (SSSR count). The summed E-state index contributed by atoms with van der Waals surface area (Å²) in [5, 5.41) is 0.580. The van der Waals surface area contributed by atoms with Crippen molar-refractivity contribution in [3.05, 3.63) is 17.4 Å². The second kappa shape index (κ2) is 12.9. The molecule has 0 spiro atoms. The molecule has 2 saturated heterocycles. The fraction of sp³-hybridized carbons (Fsp3) is 0.810. The highest BCUT2D eigenvalue weighted by Gasteiger charge is 2.26. The Bertz CT molecular complexity index is 653. The fourth-order valence-corrected chi connectivity index (χ4v) is 6.54. The van der Waals surface area contributed by atoms with Crippen LogP contribution >= 0.6 is 34.2 Å². The van der Waals surface area contributed by atoms with Crippen LogP contribution in [0.15, 0.2) is 12.4 Å². The van der Waals surface area contributed by atoms with Gasteiger partial charge >= 0.3 is 0 Å². The first-order valence-corrected chi connectivity index (χ1v) is 14.1. The van der Waals surface area contributed by atoms with Gasteiger partial charge in [-0.25, -0.2) is 18.5 Å². The van der Waals surface area contributed by atoms with Gasteiger partial charge in [-0.1, -0.05) is 47.5 Å². The summed E-state index contributed by atoms with van der Waals surface area (Å²) in [6.45, 7) is 6.78. The number of hydrogen-bond acceptors (Lipinski definition) is 5. The normalized spacial score (nSPS) is 21.6. The van der Waals surface area contributed by atoms with Gasteiger partial charge in [-0.3, -0.25) is 0 Å². The van der Waals surface area contributed by atoms with Gasteiger partial charge in [0.25, 0.3) is 0 Å². The number of hydrogen-bond donors (Lipinski definition) is 0. The van der Waals surface area contributed by atoms with E-state index >= 15 is 0 Å². The van der Waals surface area contributed by atoms with Crippen molar-refractivity contribution in [1.82, 2.24) is 14.3 Å². The van der Waals surface area contributed by atoms with E-state index in [1.165, 1.54) is 19.3 Å². The molecule has 2 fully saturated rings. The molecule has 0 aliphatic carbocycles. The third-order valence-corrected chi connectivity index (χ3v) is 8.61. The highest BCUT2D eigenvalue weighted by Crippen LogP contribution is 2.27. The minimum atomic E-state index is -0.800. The maximum atomic E-state index is 12.3. The number of alkyl halides is 1. The fourth-order valence-electron chi connectivity index (χ4n) is 4.11. The Morgan fingerprint density at radius 3 is 2.50 bits per heavy atom. The third kappa shape index (κ3) is 7.83. The van der Waals surface area contributed by atoms with Crippen molar-refractivity contribution in [3.63, 3.8) is 0 Å². The van der Waals surface area contributed by atoms with E-state index in [0.717, 1.165) is 76.1 Å². The summed E-state index contributed by atoms with van der Waals surface area (Å²) in [4.78, 5) is 10.9. The lowest BCUT2D eigenvalue weighted by Crippen LogP contribution is -2.39. The Hall–Kier alpha value is -0.0300. The zero-order valence-corrected chi connectivity index (χ0v) is 21.6. The van der Waals surface area contributed by atoms with Gasteiger partial charge in [0.15, 0.2) is 0 Å². The second-order valence-electron chi connectivity index (χ2n) is 8.31. The molecule has 3 heterocycles. The molecule has 0 N–H and O–H groups in total. The smallest absolute Gasteiger partial charge is 0.225 e. The molecule has 0 amide bonds. The van der Waals surface area contributed by atoms with Gasteiger partial charge in [0.1, 0.15) is 0 Å². The maximum Gasteiger partial charge on any atom is 0.225 e. The Labute approximate surface area is 202 Å². The number of anilines is 1. The van der Waals surface area contributed by atoms with Crippen molar-refractivity contribution in [2.45, 2.75) is 61.9 Å². The monoisotopic (exact) mass is 568 g/mol. The molecule has 1 aromatic heterocycles. The molecular formula is C21H34ClIN4O2S. The molecule has 0 bridgehead atoms. The molecular weight excluding hydrogens is 535 g/mol. The van der Waals surface area contributed by atoms with E-state index in [0.29, 0.717) is 15.1 Å². The van der Waals surface area contributed by atoms with Crippen LogP contribution in [0.1, 0.15) is 51.9 Å². The van der Waals surface area contributed by atoms with E-state index in [4.69, 9.17) is 16.3 Å². The van der Waals surface area contributed by atoms with Crippen LogP contribution < -0.4 is 4.90 Å². The van der Waals surface area contributed by atoms with Crippen molar-refractivity contribution < 1.29 is 8.95 Å². The lowest BCUT2D eigenvalue weighted by molar-refractivity contribution is 0.0221. The Morgan fingerprint density at radius 1 is 1.20 bits per heavy atom. The van der Waals surface area contributed by atoms with Crippen molar-refractivity contribution in [3.8, 4) is 0 Å². The van der Waals surface area contributed by atoms with Gasteiger partial charge in [-0.15, -0.1) is 0 Å². The van der Waals surface area contributed by atoms with Gasteiger partial charge < -0.3 is 9.64 Å². The number of nitrogens with zero attached hydrogens (tertiary/aromatic N) is 4. The lowest BCUT2D eigenvalue weighted by Gasteiger charge is -2.33. The van der Waals surface area contributed by atoms with Gasteiger partial charge in [0.05, 0.1) is 41.1 Å². The lowest BCUT2D eigenvalue weighted by atomic mass is 9.92. The SMILES string of the molecule is CCCCS(=O)N1CCC(OC[C@H](I)CC2CCN(c3ncc(Cl)cn3)CC2)CC1. The van der Waals surface area contributed by atoms with Crippen LogP contribution in [0.4, 0.5) is 5.95 Å². The van der Waals surface area contributed by atoms with Gasteiger partial charge in [0, 0.05) is 35.9 Å². The maximum absolute atomic E-state index is 12.3. The first-order chi connectivity index (χ1) is 14.5. The van der Waals surface area contributed by atoms with E-state index in [1.807, 2.05) is 0 Å². The van der Waals surface area contributed by atoms with Crippen LogP contribution in [0.5, 0.6) is 0 Å². The average molecular weight is 569 g/mol. The van der Waals surface area contributed by atoms with E-state index < -0.39 is 11.0 Å². The van der Waals surface area contributed by atoms with E-state index in [-0.39, 0.29) is 0 Å². The summed E-state index contributed by atoms with van der Waals surface area (Å²) in [5.74, 6) is 2.33. The van der Waals surface area contributed by atoms with Crippen molar-refractivity contribution in [1.29, 1.82) is 0 Å². The summed E-state index contributed by atoms with van der Waals surface area (Å²) in [6.07, 6.45) is 11.4. The zero-order chi connectivity index (χ0) is 21.3. The summed E-state index contributed by atoms with van der Waals surface area (Å²) in [6, 6.07) is 0. The van der Waals surface area contributed by atoms with Crippen LogP contribution in [0.3, 0.4) is 0 Å². The quantitative estimate of drug-likeness (QED) is 0.308. The third-order valence-electron chi connectivity index (χ3n) is 5.97. The van der Waals surface area contributed by atoms with Crippen LogP contribution in [-0.2, 0) is 15.7 Å². The van der Waals surface area contributed by atoms with E-state index in [1.54, 1.807) is 12.4 Å². The number of ether oxygens (including phenoxy) is 1. The molecule has 0 saturated carbocycles. The van der Waals surface area contributed by atoms with Gasteiger partial charge in [0.2, 0.25) is 5.95 Å². The van der Waals surface area contributed by atoms with Crippen LogP contribution in [0.25, 0.3) is 0 Å². The molecule has 30 heavy (non-hydrogen) atoms. The topological polar surface area (TPSA) is 58.6 Å². The predicted molar refractivity (Wildman–Crippen MR) is 133 cm³/mol. The van der Waals surface area contributed by atoms with E-state index in [2.05, 4.69) is 48.7 Å². The average Bonchev–Trinajstić information content (AvgIpc) is 2.77. The molecule has 1 unspecified atom stereocenters. The first kappa shape index (κ1) is 24.6. The minimum absolute atomic E-state index is 0.325. The van der Waals surface area contributed by atoms with E-state index in [9.17, 15) is 4.21 Å². The summed E-state index contributed by atoms with van der Waals surface area (Å²) < 4.78 is 21.2. The largest absolute Gasteiger partial charge is 0.377 e. The van der Waals surface area contributed by atoms with Crippen LogP contribution in [0.2, 0.25) is 5.02 Å². The van der Waals surface area contributed by atoms with Gasteiger partial charge in [-0.05, 0) is 44.4 Å². The predicted octanol–water partition coefficient (Wildman–Crippen LogP) is 4.48. The van der Waals surface area contributed by atoms with Crippen molar-refractivity contribution >= 4 is 51.1 Å². The Kier molecular flexibility index (Phi) is 10.6. The number of rotatable bonds is 10. The number of unbranched alkanes of at least 4 members (excludes halogenated alkanes) is 1. The molecule has 9 heteroatoms. The summed E-state index contributed by atoms with van der Waals surface area (Å²) in [7, 11) is -0.800. The summed E-state index contributed by atoms with van der Waals surface area (Å²) in [5.41, 5.74) is 0. The molecule has 6 nitrogen and oxygen atoms in total. The Balaban J connectivity index is 1.30. The minimum Gasteiger partial charge on any atom is -0.377 e. The number of halogens is 2. The molecule has 2 aliphatic heterocycles. The zero-order valence-electron chi connectivity index (χ0n) is 17.8. The van der Waals surface area contributed by atoms with Crippen molar-refractivity contribution in [2.24, 2.45) is 5.92 Å². The molecule has 1 aromatic rings. The number of piperidine rings is 2. The first-order valence-electron chi connectivity index (χ1n) is 11.2. The highest BCUT2D eigenvalue weighted by atomic mass is 127. The molecule has 2 atom stereocenters. The molecule has 2 aliphatic rings. The molecule has 0 radical (unpaired) electrons. The van der Waals surface area contributed by atoms with Crippen LogP contribution in [0, 0.1) is 5.92 Å². The highest BCUT2D eigenvalue weighted by molar-refractivity contribution is 14.1. The standard InChI is InChI=1S/C21H34ClIN4O2S/c1-2-3-12-30(28)27-10-6-20(7-11-27)29-16-19(23)13-17-4-8-26(9-5-17)21-24-14-18(22)15-25-21/h14-15,17,19-20H,2-13,16H2,1H3/t19-,30?/m1/s1. The molecule has 0 aromatic carbocycles. The summed E-state index contributed by atoms with van der Waals surface area (Å²) >= 11 is 8.44. The van der Waals surface area contributed by atoms with Crippen molar-refractivity contribution in [2.75, 3.05) is 43.4 Å². The molecule has 170 valence electrons. The van der Waals surface area contributed by atoms with Crippen LogP contribution in [-0.4, -0.2) is 67.0 Å².